The van der Waals surface area contributed by atoms with Crippen LogP contribution in [0.2, 0.25) is 0 Å². The molecule has 0 aliphatic carbocycles. The minimum absolute atomic E-state index is 0.0213. The van der Waals surface area contributed by atoms with Crippen molar-refractivity contribution in [1.29, 1.82) is 0 Å². The quantitative estimate of drug-likeness (QED) is 0.623. The van der Waals surface area contributed by atoms with Crippen molar-refractivity contribution in [2.45, 2.75) is 101 Å². The Bertz CT molecular complexity index is 438. The van der Waals surface area contributed by atoms with Gasteiger partial charge in [0.15, 0.2) is 0 Å². The number of allylic oxidation sites excluding steroid dienone is 2. The first-order chi connectivity index (χ1) is 9.34. The molecule has 0 saturated carbocycles. The number of aliphatic imine (C=N–C) groups is 1. The van der Waals surface area contributed by atoms with Gasteiger partial charge in [0.05, 0.1) is 5.54 Å². The lowest BCUT2D eigenvalue weighted by Crippen LogP contribution is -2.41. The second-order valence-corrected chi connectivity index (χ2v) is 10.5. The maximum Gasteiger partial charge on any atom is 0.0527 e. The SMILES string of the molecule is C/C(C(=NC(C)(C)C)C(C)(C)C)=C(/NC(C)(C)C)C(C)(C)C. The molecular weight excluding hydrogens is 268 g/mol. The lowest BCUT2D eigenvalue weighted by Gasteiger charge is -2.36. The van der Waals surface area contributed by atoms with Gasteiger partial charge in [0.2, 0.25) is 0 Å². The van der Waals surface area contributed by atoms with Gasteiger partial charge in [-0.25, -0.2) is 0 Å². The minimum Gasteiger partial charge on any atom is -0.383 e. The van der Waals surface area contributed by atoms with Gasteiger partial charge >= 0.3 is 0 Å². The predicted molar refractivity (Wildman–Crippen MR) is 102 cm³/mol. The first-order valence-electron chi connectivity index (χ1n) is 8.45. The summed E-state index contributed by atoms with van der Waals surface area (Å²) in [7, 11) is 0. The van der Waals surface area contributed by atoms with Gasteiger partial charge in [-0.05, 0) is 54.0 Å². The topological polar surface area (TPSA) is 24.4 Å². The molecule has 2 nitrogen and oxygen atoms in total. The Labute approximate surface area is 139 Å². The van der Waals surface area contributed by atoms with Crippen LogP contribution in [0.3, 0.4) is 0 Å². The van der Waals surface area contributed by atoms with Crippen LogP contribution >= 0.6 is 0 Å². The third-order valence-electron chi connectivity index (χ3n) is 3.14. The molecule has 0 fully saturated rings. The molecule has 22 heavy (non-hydrogen) atoms. The summed E-state index contributed by atoms with van der Waals surface area (Å²) in [6.07, 6.45) is 0. The van der Waals surface area contributed by atoms with Gasteiger partial charge in [-0.3, -0.25) is 4.99 Å². The van der Waals surface area contributed by atoms with Crippen LogP contribution in [0.4, 0.5) is 0 Å². The summed E-state index contributed by atoms with van der Waals surface area (Å²) in [6, 6.07) is 0. The van der Waals surface area contributed by atoms with Crippen molar-refractivity contribution in [1.82, 2.24) is 5.32 Å². The van der Waals surface area contributed by atoms with Gasteiger partial charge in [-0.2, -0.15) is 0 Å². The van der Waals surface area contributed by atoms with E-state index in [0.29, 0.717) is 0 Å². The summed E-state index contributed by atoms with van der Waals surface area (Å²) in [6.45, 7) is 28.9. The van der Waals surface area contributed by atoms with Crippen molar-refractivity contribution in [3.05, 3.63) is 11.3 Å². The molecule has 0 aromatic rings. The zero-order valence-electron chi connectivity index (χ0n) is 17.4. The number of nitrogens with zero attached hydrogens (tertiary/aromatic N) is 1. The van der Waals surface area contributed by atoms with Crippen LogP contribution in [0.25, 0.3) is 0 Å². The van der Waals surface area contributed by atoms with Crippen molar-refractivity contribution in [3.63, 3.8) is 0 Å². The van der Waals surface area contributed by atoms with E-state index in [1.165, 1.54) is 17.0 Å². The molecule has 0 heterocycles. The molecule has 0 aromatic heterocycles. The standard InChI is InChI=1S/C20H40N2/c1-14(15(17(2,3)4)21-19(8,9)10)16(18(5,6)7)22-20(11,12)13/h21H,1-13H3/b15-14-,22-16?. The second kappa shape index (κ2) is 6.37. The smallest absolute Gasteiger partial charge is 0.0527 e. The molecule has 2 heteroatoms. The lowest BCUT2D eigenvalue weighted by atomic mass is 9.79. The van der Waals surface area contributed by atoms with Gasteiger partial charge in [0.25, 0.3) is 0 Å². The van der Waals surface area contributed by atoms with E-state index in [0.717, 1.165) is 0 Å². The molecule has 0 atom stereocenters. The summed E-state index contributed by atoms with van der Waals surface area (Å²) in [5, 5.41) is 3.73. The molecule has 0 bridgehead atoms. The average Bonchev–Trinajstić information content (AvgIpc) is 2.16. The van der Waals surface area contributed by atoms with Crippen LogP contribution in [0.1, 0.15) is 90.0 Å². The molecule has 0 radical (unpaired) electrons. The Kier molecular flexibility index (Phi) is 6.14. The molecule has 0 aromatic carbocycles. The summed E-state index contributed by atoms with van der Waals surface area (Å²) in [5.74, 6) is 0. The molecular formula is C20H40N2. The average molecular weight is 309 g/mol. The second-order valence-electron chi connectivity index (χ2n) is 10.5. The molecule has 0 spiro atoms. The first-order valence-corrected chi connectivity index (χ1v) is 8.45. The highest BCUT2D eigenvalue weighted by atomic mass is 15.0. The van der Waals surface area contributed by atoms with E-state index in [9.17, 15) is 0 Å². The Morgan fingerprint density at radius 3 is 1.32 bits per heavy atom. The lowest BCUT2D eigenvalue weighted by molar-refractivity contribution is 0.379. The van der Waals surface area contributed by atoms with Crippen molar-refractivity contribution >= 4 is 5.71 Å². The monoisotopic (exact) mass is 308 g/mol. The maximum atomic E-state index is 5.06. The third-order valence-corrected chi connectivity index (χ3v) is 3.14. The molecule has 0 amide bonds. The molecule has 0 aliphatic heterocycles. The molecule has 0 aliphatic rings. The molecule has 0 saturated heterocycles. The van der Waals surface area contributed by atoms with Crippen LogP contribution in [0.15, 0.2) is 16.3 Å². The van der Waals surface area contributed by atoms with E-state index >= 15 is 0 Å². The van der Waals surface area contributed by atoms with Gasteiger partial charge in [0, 0.05) is 27.8 Å². The number of rotatable bonds is 2. The summed E-state index contributed by atoms with van der Waals surface area (Å²) < 4.78 is 0. The highest BCUT2D eigenvalue weighted by Gasteiger charge is 2.30. The fourth-order valence-electron chi connectivity index (χ4n) is 2.49. The number of nitrogens with one attached hydrogen (secondary N) is 1. The van der Waals surface area contributed by atoms with E-state index in [-0.39, 0.29) is 21.9 Å². The van der Waals surface area contributed by atoms with Crippen molar-refractivity contribution in [3.8, 4) is 0 Å². The van der Waals surface area contributed by atoms with E-state index < -0.39 is 0 Å². The normalized spacial score (nSPS) is 16.5. The van der Waals surface area contributed by atoms with E-state index in [2.05, 4.69) is 95.3 Å². The Morgan fingerprint density at radius 2 is 1.09 bits per heavy atom. The van der Waals surface area contributed by atoms with Crippen LogP contribution in [0.5, 0.6) is 0 Å². The number of hydrogen-bond donors (Lipinski definition) is 1. The minimum atomic E-state index is -0.0748. The zero-order valence-corrected chi connectivity index (χ0v) is 17.4. The Morgan fingerprint density at radius 1 is 0.682 bits per heavy atom. The largest absolute Gasteiger partial charge is 0.383 e. The van der Waals surface area contributed by atoms with E-state index in [1.54, 1.807) is 0 Å². The Balaban J connectivity index is 6.33. The van der Waals surface area contributed by atoms with E-state index in [1.807, 2.05) is 0 Å². The highest BCUT2D eigenvalue weighted by molar-refractivity contribution is 6.04. The van der Waals surface area contributed by atoms with Crippen molar-refractivity contribution in [2.24, 2.45) is 15.8 Å². The van der Waals surface area contributed by atoms with Gasteiger partial charge in [0.1, 0.15) is 0 Å². The Hall–Kier alpha value is -0.790. The third kappa shape index (κ3) is 7.47. The fourth-order valence-corrected chi connectivity index (χ4v) is 2.49. The van der Waals surface area contributed by atoms with Crippen LogP contribution < -0.4 is 5.32 Å². The van der Waals surface area contributed by atoms with Gasteiger partial charge in [-0.1, -0.05) is 41.5 Å². The molecule has 0 unspecified atom stereocenters. The van der Waals surface area contributed by atoms with Crippen molar-refractivity contribution in [2.75, 3.05) is 0 Å². The van der Waals surface area contributed by atoms with Crippen LogP contribution in [-0.4, -0.2) is 16.8 Å². The summed E-state index contributed by atoms with van der Waals surface area (Å²) >= 11 is 0. The highest BCUT2D eigenvalue weighted by Crippen LogP contribution is 2.33. The predicted octanol–water partition coefficient (Wildman–Crippen LogP) is 5.98. The zero-order chi connectivity index (χ0) is 18.1. The van der Waals surface area contributed by atoms with Gasteiger partial charge in [-0.15, -0.1) is 0 Å². The molecule has 130 valence electrons. The first kappa shape index (κ1) is 21.2. The molecule has 0 rings (SSSR count). The molecule has 1 N–H and O–H groups in total. The van der Waals surface area contributed by atoms with Crippen molar-refractivity contribution < 1.29 is 0 Å². The number of hydrogen-bond acceptors (Lipinski definition) is 2. The van der Waals surface area contributed by atoms with Gasteiger partial charge < -0.3 is 5.32 Å². The van der Waals surface area contributed by atoms with Crippen LogP contribution in [0, 0.1) is 10.8 Å². The fraction of sp³-hybridized carbons (Fsp3) is 0.850. The maximum absolute atomic E-state index is 5.06. The van der Waals surface area contributed by atoms with Crippen LogP contribution in [-0.2, 0) is 0 Å². The summed E-state index contributed by atoms with van der Waals surface area (Å²) in [4.78, 5) is 5.06. The van der Waals surface area contributed by atoms with E-state index in [4.69, 9.17) is 4.99 Å². The summed E-state index contributed by atoms with van der Waals surface area (Å²) in [5.41, 5.74) is 3.81.